The molecular formula is C17H17ClN4OS. The number of hydrogen-bond acceptors (Lipinski definition) is 4. The van der Waals surface area contributed by atoms with Crippen LogP contribution in [0.15, 0.2) is 35.7 Å². The minimum atomic E-state index is -0.196. The fraction of sp³-hybridized carbons (Fsp3) is 0.235. The molecule has 0 unspecified atom stereocenters. The topological polar surface area (TPSA) is 51.0 Å². The molecule has 0 saturated carbocycles. The molecule has 3 aromatic rings. The summed E-state index contributed by atoms with van der Waals surface area (Å²) >= 11 is 7.56. The molecule has 0 aliphatic rings. The van der Waals surface area contributed by atoms with E-state index >= 15 is 0 Å². The van der Waals surface area contributed by atoms with Gasteiger partial charge in [-0.25, -0.2) is 9.67 Å². The van der Waals surface area contributed by atoms with Gasteiger partial charge in [-0.05, 0) is 55.1 Å². The van der Waals surface area contributed by atoms with E-state index in [-0.39, 0.29) is 11.7 Å². The fourth-order valence-electron chi connectivity index (χ4n) is 2.33. The molecule has 2 aromatic heterocycles. The molecule has 0 radical (unpaired) electrons. The lowest BCUT2D eigenvalue weighted by atomic mass is 10.3. The van der Waals surface area contributed by atoms with E-state index in [0.29, 0.717) is 17.4 Å². The van der Waals surface area contributed by atoms with Crippen LogP contribution in [0.2, 0.25) is 5.02 Å². The maximum Gasteiger partial charge on any atom is 0.293 e. The third kappa shape index (κ3) is 3.34. The summed E-state index contributed by atoms with van der Waals surface area (Å²) in [6.45, 7) is 4.42. The Morgan fingerprint density at radius 3 is 2.58 bits per heavy atom. The largest absolute Gasteiger partial charge is 0.334 e. The second-order valence-electron chi connectivity index (χ2n) is 5.56. The maximum atomic E-state index is 12.6. The lowest BCUT2D eigenvalue weighted by Gasteiger charge is -2.14. The van der Waals surface area contributed by atoms with Gasteiger partial charge < -0.3 is 4.90 Å². The van der Waals surface area contributed by atoms with Crippen molar-refractivity contribution >= 4 is 28.8 Å². The van der Waals surface area contributed by atoms with Crippen LogP contribution in [0.4, 0.5) is 0 Å². The summed E-state index contributed by atoms with van der Waals surface area (Å²) in [5.74, 6) is 0.652. The first-order valence-electron chi connectivity index (χ1n) is 7.43. The molecule has 0 aliphatic carbocycles. The summed E-state index contributed by atoms with van der Waals surface area (Å²) in [5, 5.41) is 7.04. The smallest absolute Gasteiger partial charge is 0.293 e. The number of hydrogen-bond donors (Lipinski definition) is 0. The summed E-state index contributed by atoms with van der Waals surface area (Å²) in [5.41, 5.74) is 2.01. The minimum Gasteiger partial charge on any atom is -0.334 e. The molecule has 0 spiro atoms. The highest BCUT2D eigenvalue weighted by Crippen LogP contribution is 2.18. The van der Waals surface area contributed by atoms with Crippen molar-refractivity contribution in [3.05, 3.63) is 62.8 Å². The van der Waals surface area contributed by atoms with E-state index in [0.717, 1.165) is 5.69 Å². The average molecular weight is 361 g/mol. The third-order valence-electron chi connectivity index (χ3n) is 3.73. The molecular weight excluding hydrogens is 344 g/mol. The van der Waals surface area contributed by atoms with Crippen LogP contribution in [0.5, 0.6) is 0 Å². The van der Waals surface area contributed by atoms with Crippen molar-refractivity contribution in [3.8, 4) is 5.69 Å². The maximum absolute atomic E-state index is 12.6. The molecule has 3 rings (SSSR count). The zero-order valence-electron chi connectivity index (χ0n) is 13.7. The summed E-state index contributed by atoms with van der Waals surface area (Å²) in [7, 11) is 1.76. The van der Waals surface area contributed by atoms with Crippen LogP contribution < -0.4 is 0 Å². The van der Waals surface area contributed by atoms with Crippen LogP contribution >= 0.6 is 22.9 Å². The van der Waals surface area contributed by atoms with Crippen molar-refractivity contribution in [2.24, 2.45) is 0 Å². The van der Waals surface area contributed by atoms with Gasteiger partial charge >= 0.3 is 0 Å². The van der Waals surface area contributed by atoms with Crippen LogP contribution in [0, 0.1) is 13.8 Å². The third-order valence-corrected chi connectivity index (χ3v) is 4.99. The molecule has 124 valence electrons. The van der Waals surface area contributed by atoms with Gasteiger partial charge in [0.05, 0.1) is 12.2 Å². The first kappa shape index (κ1) is 16.7. The molecule has 2 heterocycles. The molecule has 0 bridgehead atoms. The zero-order valence-corrected chi connectivity index (χ0v) is 15.2. The average Bonchev–Trinajstić information content (AvgIpc) is 3.14. The number of carbonyl (C=O) groups is 1. The predicted molar refractivity (Wildman–Crippen MR) is 96.0 cm³/mol. The van der Waals surface area contributed by atoms with Gasteiger partial charge in [0, 0.05) is 16.9 Å². The second kappa shape index (κ2) is 6.75. The second-order valence-corrected chi connectivity index (χ2v) is 7.00. The van der Waals surface area contributed by atoms with E-state index < -0.39 is 0 Å². The van der Waals surface area contributed by atoms with E-state index in [2.05, 4.69) is 16.1 Å². The van der Waals surface area contributed by atoms with Gasteiger partial charge in [0.15, 0.2) is 0 Å². The number of aromatic nitrogens is 3. The van der Waals surface area contributed by atoms with Gasteiger partial charge in [0.2, 0.25) is 5.82 Å². The Hall–Kier alpha value is -2.18. The number of rotatable bonds is 4. The Balaban J connectivity index is 1.82. The Morgan fingerprint density at radius 1 is 1.25 bits per heavy atom. The quantitative estimate of drug-likeness (QED) is 0.709. The zero-order chi connectivity index (χ0) is 17.3. The van der Waals surface area contributed by atoms with Crippen LogP contribution in [0.25, 0.3) is 5.69 Å². The van der Waals surface area contributed by atoms with E-state index in [1.807, 2.05) is 31.4 Å². The molecule has 0 atom stereocenters. The van der Waals surface area contributed by atoms with Gasteiger partial charge in [0.1, 0.15) is 5.82 Å². The van der Waals surface area contributed by atoms with Crippen molar-refractivity contribution in [1.82, 2.24) is 19.7 Å². The molecule has 7 heteroatoms. The number of aryl methyl sites for hydroxylation is 2. The highest BCUT2D eigenvalue weighted by Gasteiger charge is 2.20. The van der Waals surface area contributed by atoms with Gasteiger partial charge in [-0.15, -0.1) is 16.4 Å². The van der Waals surface area contributed by atoms with Crippen LogP contribution in [0.1, 0.15) is 26.9 Å². The molecule has 0 fully saturated rings. The Labute approximate surface area is 149 Å². The molecule has 24 heavy (non-hydrogen) atoms. The first-order valence-corrected chi connectivity index (χ1v) is 8.69. The molecule has 1 aromatic carbocycles. The fourth-order valence-corrected chi connectivity index (χ4v) is 3.42. The molecule has 0 aliphatic heterocycles. The van der Waals surface area contributed by atoms with E-state index in [1.165, 1.54) is 10.4 Å². The molecule has 1 amide bonds. The predicted octanol–water partition coefficient (Wildman–Crippen LogP) is 3.87. The lowest BCUT2D eigenvalue weighted by molar-refractivity contribution is 0.0774. The van der Waals surface area contributed by atoms with Gasteiger partial charge in [-0.2, -0.15) is 0 Å². The number of benzene rings is 1. The molecule has 5 nitrogen and oxygen atoms in total. The normalized spacial score (nSPS) is 10.8. The molecule has 0 saturated heterocycles. The number of halogens is 1. The first-order chi connectivity index (χ1) is 11.5. The number of amides is 1. The minimum absolute atomic E-state index is 0.194. The van der Waals surface area contributed by atoms with Gasteiger partial charge in [-0.1, -0.05) is 11.6 Å². The monoisotopic (exact) mass is 360 g/mol. The van der Waals surface area contributed by atoms with Crippen molar-refractivity contribution in [3.63, 3.8) is 0 Å². The molecule has 0 N–H and O–H groups in total. The van der Waals surface area contributed by atoms with Crippen LogP contribution in [-0.4, -0.2) is 32.6 Å². The summed E-state index contributed by atoms with van der Waals surface area (Å²) in [6, 6.07) is 9.31. The summed E-state index contributed by atoms with van der Waals surface area (Å²) in [4.78, 5) is 19.7. The number of thiophene rings is 1. The SMILES string of the molecule is Cc1ccsc1CN(C)C(=O)c1nc(C)n(-c2ccc(Cl)cc2)n1. The highest BCUT2D eigenvalue weighted by atomic mass is 35.5. The number of nitrogens with zero attached hydrogens (tertiary/aromatic N) is 4. The Bertz CT molecular complexity index is 869. The standard InChI is InChI=1S/C17H17ClN4OS/c1-11-8-9-24-15(11)10-21(3)17(23)16-19-12(2)22(20-16)14-6-4-13(18)5-7-14/h4-9H,10H2,1-3H3. The van der Waals surface area contributed by atoms with Gasteiger partial charge in [0.25, 0.3) is 5.91 Å². The highest BCUT2D eigenvalue weighted by molar-refractivity contribution is 7.10. The summed E-state index contributed by atoms with van der Waals surface area (Å²) < 4.78 is 1.65. The Morgan fingerprint density at radius 2 is 1.96 bits per heavy atom. The van der Waals surface area contributed by atoms with E-state index in [9.17, 15) is 4.79 Å². The van der Waals surface area contributed by atoms with E-state index in [1.54, 1.807) is 40.1 Å². The van der Waals surface area contributed by atoms with E-state index in [4.69, 9.17) is 11.6 Å². The van der Waals surface area contributed by atoms with Crippen molar-refractivity contribution in [2.75, 3.05) is 7.05 Å². The van der Waals surface area contributed by atoms with Crippen molar-refractivity contribution in [2.45, 2.75) is 20.4 Å². The van der Waals surface area contributed by atoms with Crippen LogP contribution in [0.3, 0.4) is 0 Å². The van der Waals surface area contributed by atoms with Crippen molar-refractivity contribution in [1.29, 1.82) is 0 Å². The Kier molecular flexibility index (Phi) is 4.69. The van der Waals surface area contributed by atoms with Crippen molar-refractivity contribution < 1.29 is 4.79 Å². The van der Waals surface area contributed by atoms with Gasteiger partial charge in [-0.3, -0.25) is 4.79 Å². The summed E-state index contributed by atoms with van der Waals surface area (Å²) in [6.07, 6.45) is 0. The lowest BCUT2D eigenvalue weighted by Crippen LogP contribution is -2.27. The number of carbonyl (C=O) groups excluding carboxylic acids is 1. The van der Waals surface area contributed by atoms with Crippen LogP contribution in [-0.2, 0) is 6.54 Å².